The van der Waals surface area contributed by atoms with Gasteiger partial charge in [-0.15, -0.1) is 0 Å². The number of allylic oxidation sites excluding steroid dienone is 2. The van der Waals surface area contributed by atoms with Crippen molar-refractivity contribution in [3.63, 3.8) is 0 Å². The Hall–Kier alpha value is -2.72. The topological polar surface area (TPSA) is 177 Å². The molecule has 0 unspecified atom stereocenters. The Morgan fingerprint density at radius 2 is 1.59 bits per heavy atom. The van der Waals surface area contributed by atoms with Crippen molar-refractivity contribution in [3.8, 4) is 0 Å². The molecule has 180 valence electrons. The zero-order valence-electron chi connectivity index (χ0n) is 19.0. The van der Waals surface area contributed by atoms with Crippen LogP contribution in [0.25, 0.3) is 0 Å². The summed E-state index contributed by atoms with van der Waals surface area (Å²) < 4.78 is 0. The van der Waals surface area contributed by atoms with Gasteiger partial charge in [-0.2, -0.15) is 0 Å². The number of carboxylic acid groups (broad SMARTS) is 1. The standard InChI is InChI=1S/C22H37N5O5/c1-4-13(2)19(25-3)21(30)26-16(10-7-14-5-8-15(23)9-6-14)20(29)27-17(22(31)32)11-12-18(24)28/h5-6,8-9,13-17,19,25H,4,7,10-12,23H2,1-3H3,(H2,24,28)(H,26,30)(H,27,29)(H,31,32)/t13-,14?,15?,16-,17-,19-/m0/s1. The second-order valence-corrected chi connectivity index (χ2v) is 8.21. The maximum Gasteiger partial charge on any atom is 0.326 e. The number of aliphatic carboxylic acids is 1. The number of likely N-dealkylation sites (N-methyl/N-ethyl adjacent to an activating group) is 1. The van der Waals surface area contributed by atoms with Gasteiger partial charge in [0.2, 0.25) is 17.7 Å². The molecular weight excluding hydrogens is 414 g/mol. The van der Waals surface area contributed by atoms with Crippen LogP contribution < -0.4 is 27.4 Å². The first-order valence-electron chi connectivity index (χ1n) is 11.0. The van der Waals surface area contributed by atoms with Crippen LogP contribution in [0.15, 0.2) is 24.3 Å². The number of primary amides is 1. The van der Waals surface area contributed by atoms with E-state index in [1.807, 2.05) is 38.2 Å². The third-order valence-corrected chi connectivity index (χ3v) is 5.68. The van der Waals surface area contributed by atoms with Gasteiger partial charge in [0.25, 0.3) is 0 Å². The van der Waals surface area contributed by atoms with E-state index in [9.17, 15) is 24.3 Å². The van der Waals surface area contributed by atoms with Gasteiger partial charge in [0.05, 0.1) is 6.04 Å². The molecular formula is C22H37N5O5. The number of hydrogen-bond donors (Lipinski definition) is 6. The number of nitrogens with one attached hydrogen (secondary N) is 3. The van der Waals surface area contributed by atoms with E-state index in [1.165, 1.54) is 0 Å². The van der Waals surface area contributed by atoms with Gasteiger partial charge in [-0.25, -0.2) is 4.79 Å². The molecule has 0 aromatic heterocycles. The largest absolute Gasteiger partial charge is 0.480 e. The summed E-state index contributed by atoms with van der Waals surface area (Å²) in [5, 5.41) is 17.6. The van der Waals surface area contributed by atoms with Crippen LogP contribution in [0.1, 0.15) is 46.0 Å². The van der Waals surface area contributed by atoms with E-state index in [-0.39, 0.29) is 36.6 Å². The van der Waals surface area contributed by atoms with Crippen molar-refractivity contribution in [2.45, 2.75) is 70.1 Å². The van der Waals surface area contributed by atoms with Crippen LogP contribution in [-0.2, 0) is 19.2 Å². The molecule has 4 atom stereocenters. The van der Waals surface area contributed by atoms with Crippen molar-refractivity contribution >= 4 is 23.7 Å². The summed E-state index contributed by atoms with van der Waals surface area (Å²) in [5.41, 5.74) is 10.9. The first-order valence-corrected chi connectivity index (χ1v) is 11.0. The summed E-state index contributed by atoms with van der Waals surface area (Å²) in [6.45, 7) is 3.90. The number of nitrogens with two attached hydrogens (primary N) is 2. The Morgan fingerprint density at radius 1 is 1.00 bits per heavy atom. The van der Waals surface area contributed by atoms with Crippen molar-refractivity contribution in [3.05, 3.63) is 24.3 Å². The smallest absolute Gasteiger partial charge is 0.326 e. The SMILES string of the molecule is CC[C@H](C)[C@H](NC)C(=O)N[C@@H](CCC1C=CC(N)C=C1)C(=O)N[C@@H](CCC(N)=O)C(=O)O. The first-order chi connectivity index (χ1) is 15.1. The lowest BCUT2D eigenvalue weighted by molar-refractivity contribution is -0.142. The van der Waals surface area contributed by atoms with E-state index >= 15 is 0 Å². The van der Waals surface area contributed by atoms with Gasteiger partial charge in [-0.05, 0) is 38.1 Å². The van der Waals surface area contributed by atoms with Gasteiger partial charge in [-0.3, -0.25) is 14.4 Å². The summed E-state index contributed by atoms with van der Waals surface area (Å²) in [6, 6.07) is -2.85. The molecule has 1 rings (SSSR count). The molecule has 0 heterocycles. The highest BCUT2D eigenvalue weighted by Crippen LogP contribution is 2.17. The molecule has 10 nitrogen and oxygen atoms in total. The predicted octanol–water partition coefficient (Wildman–Crippen LogP) is -0.210. The van der Waals surface area contributed by atoms with Crippen LogP contribution in [0.5, 0.6) is 0 Å². The third-order valence-electron chi connectivity index (χ3n) is 5.68. The van der Waals surface area contributed by atoms with Crippen LogP contribution >= 0.6 is 0 Å². The van der Waals surface area contributed by atoms with Crippen molar-refractivity contribution < 1.29 is 24.3 Å². The van der Waals surface area contributed by atoms with Gasteiger partial charge in [0, 0.05) is 12.5 Å². The molecule has 0 saturated heterocycles. The second kappa shape index (κ2) is 13.6. The second-order valence-electron chi connectivity index (χ2n) is 8.21. The molecule has 0 aromatic rings. The monoisotopic (exact) mass is 451 g/mol. The molecule has 1 aliphatic rings. The molecule has 0 aromatic carbocycles. The molecule has 3 amide bonds. The quantitative estimate of drug-likeness (QED) is 0.198. The van der Waals surface area contributed by atoms with Gasteiger partial charge < -0.3 is 32.5 Å². The minimum absolute atomic E-state index is 0.0387. The van der Waals surface area contributed by atoms with Crippen LogP contribution in [0, 0.1) is 11.8 Å². The first kappa shape index (κ1) is 27.3. The highest BCUT2D eigenvalue weighted by atomic mass is 16.4. The van der Waals surface area contributed by atoms with Crippen LogP contribution in [0.4, 0.5) is 0 Å². The number of carbonyl (C=O) groups is 4. The molecule has 8 N–H and O–H groups in total. The zero-order chi connectivity index (χ0) is 24.3. The van der Waals surface area contributed by atoms with E-state index in [1.54, 1.807) is 7.05 Å². The summed E-state index contributed by atoms with van der Waals surface area (Å²) in [7, 11) is 1.68. The number of carboxylic acids is 1. The molecule has 0 bridgehead atoms. The van der Waals surface area contributed by atoms with Crippen LogP contribution in [0.3, 0.4) is 0 Å². The lowest BCUT2D eigenvalue weighted by Gasteiger charge is -2.27. The molecule has 0 spiro atoms. The Kier molecular flexibility index (Phi) is 11.6. The molecule has 1 aliphatic carbocycles. The predicted molar refractivity (Wildman–Crippen MR) is 121 cm³/mol. The maximum atomic E-state index is 12.9. The van der Waals surface area contributed by atoms with E-state index in [0.717, 1.165) is 6.42 Å². The highest BCUT2D eigenvalue weighted by molar-refractivity contribution is 5.92. The fourth-order valence-electron chi connectivity index (χ4n) is 3.48. The van der Waals surface area contributed by atoms with Crippen molar-refractivity contribution in [1.82, 2.24) is 16.0 Å². The van der Waals surface area contributed by atoms with Gasteiger partial charge >= 0.3 is 5.97 Å². The number of carbonyl (C=O) groups excluding carboxylic acids is 3. The van der Waals surface area contributed by atoms with Gasteiger partial charge in [0.1, 0.15) is 12.1 Å². The zero-order valence-corrected chi connectivity index (χ0v) is 19.0. The van der Waals surface area contributed by atoms with Gasteiger partial charge in [-0.1, -0.05) is 44.6 Å². The minimum Gasteiger partial charge on any atom is -0.480 e. The average Bonchev–Trinajstić information content (AvgIpc) is 2.74. The molecule has 0 fully saturated rings. The fourth-order valence-corrected chi connectivity index (χ4v) is 3.48. The average molecular weight is 452 g/mol. The molecule has 0 aliphatic heterocycles. The molecule has 32 heavy (non-hydrogen) atoms. The summed E-state index contributed by atoms with van der Waals surface area (Å²) in [5.74, 6) is -2.78. The van der Waals surface area contributed by atoms with Crippen LogP contribution in [-0.4, -0.2) is 60.0 Å². The Bertz CT molecular complexity index is 710. The van der Waals surface area contributed by atoms with E-state index in [2.05, 4.69) is 16.0 Å². The fraction of sp³-hybridized carbons (Fsp3) is 0.636. The van der Waals surface area contributed by atoms with E-state index in [0.29, 0.717) is 12.8 Å². The molecule has 0 saturated carbocycles. The number of hydrogen-bond acceptors (Lipinski definition) is 6. The van der Waals surface area contributed by atoms with Gasteiger partial charge in [0.15, 0.2) is 0 Å². The lowest BCUT2D eigenvalue weighted by Crippen LogP contribution is -2.56. The Morgan fingerprint density at radius 3 is 2.09 bits per heavy atom. The third kappa shape index (κ3) is 9.19. The summed E-state index contributed by atoms with van der Waals surface area (Å²) >= 11 is 0. The minimum atomic E-state index is -1.28. The summed E-state index contributed by atoms with van der Waals surface area (Å²) in [4.78, 5) is 48.3. The van der Waals surface area contributed by atoms with Crippen LogP contribution in [0.2, 0.25) is 0 Å². The maximum absolute atomic E-state index is 12.9. The van der Waals surface area contributed by atoms with E-state index in [4.69, 9.17) is 11.5 Å². The summed E-state index contributed by atoms with van der Waals surface area (Å²) in [6.07, 6.45) is 8.94. The Labute approximate surface area is 189 Å². The highest BCUT2D eigenvalue weighted by Gasteiger charge is 2.30. The molecule has 10 heteroatoms. The van der Waals surface area contributed by atoms with Crippen molar-refractivity contribution in [2.24, 2.45) is 23.3 Å². The normalized spacial score (nSPS) is 21.2. The number of rotatable bonds is 14. The lowest BCUT2D eigenvalue weighted by atomic mass is 9.93. The Balaban J connectivity index is 2.93. The molecule has 0 radical (unpaired) electrons. The van der Waals surface area contributed by atoms with Crippen molar-refractivity contribution in [2.75, 3.05) is 7.05 Å². The number of amides is 3. The van der Waals surface area contributed by atoms with Crippen molar-refractivity contribution in [1.29, 1.82) is 0 Å². The van der Waals surface area contributed by atoms with E-state index < -0.39 is 35.9 Å².